The summed E-state index contributed by atoms with van der Waals surface area (Å²) in [5.41, 5.74) is 0. The van der Waals surface area contributed by atoms with Gasteiger partial charge < -0.3 is 4.90 Å². The highest BCUT2D eigenvalue weighted by Gasteiger charge is 2.31. The summed E-state index contributed by atoms with van der Waals surface area (Å²) in [6.07, 6.45) is 5.68. The predicted molar refractivity (Wildman–Crippen MR) is 52.3 cm³/mol. The Kier molecular flexibility index (Phi) is 3.13. The maximum atomic E-state index is 11.4. The molecule has 1 aliphatic rings. The molecule has 14 heavy (non-hydrogen) atoms. The van der Waals surface area contributed by atoms with Crippen LogP contribution >= 0.6 is 0 Å². The molecule has 1 heterocycles. The van der Waals surface area contributed by atoms with Gasteiger partial charge in [-0.2, -0.15) is 0 Å². The van der Waals surface area contributed by atoms with Crippen LogP contribution in [0.3, 0.4) is 0 Å². The predicted octanol–water partition coefficient (Wildman–Crippen LogP) is 0.586. The van der Waals surface area contributed by atoms with Crippen LogP contribution in [0.5, 0.6) is 0 Å². The Balaban J connectivity index is 2.66. The number of amides is 3. The standard InChI is InChI=1S/C10H14N2O2/c1-4-5-8(3)12-6-7(2)9(13)11-10(12)14/h1,7-8H,5-6H2,2-3H3,(H,11,13,14). The molecule has 4 heteroatoms. The lowest BCUT2D eigenvalue weighted by Crippen LogP contribution is -2.56. The summed E-state index contributed by atoms with van der Waals surface area (Å²) < 4.78 is 0. The Morgan fingerprint density at radius 1 is 1.71 bits per heavy atom. The van der Waals surface area contributed by atoms with Crippen molar-refractivity contribution in [3.8, 4) is 12.3 Å². The van der Waals surface area contributed by atoms with Crippen LogP contribution in [0, 0.1) is 18.3 Å². The molecule has 0 aromatic heterocycles. The molecule has 0 aromatic carbocycles. The molecular weight excluding hydrogens is 180 g/mol. The second kappa shape index (κ2) is 4.14. The first-order valence-electron chi connectivity index (χ1n) is 4.61. The Morgan fingerprint density at radius 3 is 2.93 bits per heavy atom. The lowest BCUT2D eigenvalue weighted by atomic mass is 10.1. The first kappa shape index (κ1) is 10.6. The van der Waals surface area contributed by atoms with E-state index in [2.05, 4.69) is 11.2 Å². The van der Waals surface area contributed by atoms with E-state index in [4.69, 9.17) is 6.42 Å². The summed E-state index contributed by atoms with van der Waals surface area (Å²) in [4.78, 5) is 24.1. The zero-order valence-corrected chi connectivity index (χ0v) is 8.41. The minimum atomic E-state index is -0.337. The third-order valence-corrected chi connectivity index (χ3v) is 2.35. The molecular formula is C10H14N2O2. The fourth-order valence-electron chi connectivity index (χ4n) is 1.42. The second-order valence-electron chi connectivity index (χ2n) is 3.61. The Morgan fingerprint density at radius 2 is 2.36 bits per heavy atom. The van der Waals surface area contributed by atoms with Gasteiger partial charge in [0.15, 0.2) is 0 Å². The van der Waals surface area contributed by atoms with Crippen LogP contribution in [0.25, 0.3) is 0 Å². The van der Waals surface area contributed by atoms with Gasteiger partial charge in [-0.05, 0) is 6.92 Å². The molecule has 1 N–H and O–H groups in total. The molecule has 0 aliphatic carbocycles. The number of urea groups is 1. The number of terminal acetylenes is 1. The van der Waals surface area contributed by atoms with Crippen LogP contribution in [0.2, 0.25) is 0 Å². The number of hydrogen-bond acceptors (Lipinski definition) is 2. The summed E-state index contributed by atoms with van der Waals surface area (Å²) in [7, 11) is 0. The monoisotopic (exact) mass is 194 g/mol. The number of imide groups is 1. The highest BCUT2D eigenvalue weighted by atomic mass is 16.2. The molecule has 1 fully saturated rings. The molecule has 1 rings (SSSR count). The van der Waals surface area contributed by atoms with Crippen molar-refractivity contribution in [1.29, 1.82) is 0 Å². The largest absolute Gasteiger partial charge is 0.324 e. The van der Waals surface area contributed by atoms with E-state index in [-0.39, 0.29) is 23.9 Å². The Hall–Kier alpha value is -1.50. The first-order chi connectivity index (χ1) is 6.56. The molecule has 3 amide bonds. The summed E-state index contributed by atoms with van der Waals surface area (Å²) in [5, 5.41) is 2.30. The van der Waals surface area contributed by atoms with Crippen molar-refractivity contribution in [1.82, 2.24) is 10.2 Å². The van der Waals surface area contributed by atoms with Gasteiger partial charge in [0, 0.05) is 19.0 Å². The summed E-state index contributed by atoms with van der Waals surface area (Å²) in [5.74, 6) is 2.14. The lowest BCUT2D eigenvalue weighted by Gasteiger charge is -2.34. The number of carbonyl (C=O) groups excluding carboxylic acids is 2. The average molecular weight is 194 g/mol. The lowest BCUT2D eigenvalue weighted by molar-refractivity contribution is -0.125. The fourth-order valence-corrected chi connectivity index (χ4v) is 1.42. The summed E-state index contributed by atoms with van der Waals surface area (Å²) in [6.45, 7) is 4.12. The van der Waals surface area contributed by atoms with Crippen molar-refractivity contribution < 1.29 is 9.59 Å². The van der Waals surface area contributed by atoms with Crippen LogP contribution in [0.4, 0.5) is 4.79 Å². The molecule has 0 saturated carbocycles. The molecule has 0 radical (unpaired) electrons. The van der Waals surface area contributed by atoms with Gasteiger partial charge in [0.25, 0.3) is 0 Å². The van der Waals surface area contributed by atoms with Crippen LogP contribution < -0.4 is 5.32 Å². The minimum Gasteiger partial charge on any atom is -0.320 e. The van der Waals surface area contributed by atoms with Gasteiger partial charge in [0.2, 0.25) is 5.91 Å². The molecule has 0 aromatic rings. The van der Waals surface area contributed by atoms with Gasteiger partial charge >= 0.3 is 6.03 Å². The van der Waals surface area contributed by atoms with Gasteiger partial charge in [-0.3, -0.25) is 10.1 Å². The molecule has 1 saturated heterocycles. The van der Waals surface area contributed by atoms with E-state index in [9.17, 15) is 9.59 Å². The third-order valence-electron chi connectivity index (χ3n) is 2.35. The Bertz CT molecular complexity index is 293. The highest BCUT2D eigenvalue weighted by molar-refractivity contribution is 5.97. The van der Waals surface area contributed by atoms with E-state index in [1.165, 1.54) is 0 Å². The van der Waals surface area contributed by atoms with E-state index in [0.717, 1.165) is 0 Å². The molecule has 2 unspecified atom stereocenters. The zero-order valence-electron chi connectivity index (χ0n) is 8.41. The topological polar surface area (TPSA) is 49.4 Å². The van der Waals surface area contributed by atoms with Gasteiger partial charge in [-0.15, -0.1) is 12.3 Å². The van der Waals surface area contributed by atoms with Crippen LogP contribution in [0.15, 0.2) is 0 Å². The van der Waals surface area contributed by atoms with E-state index < -0.39 is 0 Å². The average Bonchev–Trinajstić information content (AvgIpc) is 2.11. The normalized spacial score (nSPS) is 24.1. The number of nitrogens with one attached hydrogen (secondary N) is 1. The van der Waals surface area contributed by atoms with Crippen molar-refractivity contribution in [2.75, 3.05) is 6.54 Å². The van der Waals surface area contributed by atoms with Crippen LogP contribution in [0.1, 0.15) is 20.3 Å². The van der Waals surface area contributed by atoms with E-state index in [0.29, 0.717) is 13.0 Å². The van der Waals surface area contributed by atoms with Crippen molar-refractivity contribution in [3.63, 3.8) is 0 Å². The molecule has 4 nitrogen and oxygen atoms in total. The molecule has 0 spiro atoms. The van der Waals surface area contributed by atoms with Gasteiger partial charge in [-0.1, -0.05) is 6.92 Å². The molecule has 76 valence electrons. The molecule has 1 aliphatic heterocycles. The van der Waals surface area contributed by atoms with Gasteiger partial charge in [0.1, 0.15) is 0 Å². The quantitative estimate of drug-likeness (QED) is 0.654. The maximum absolute atomic E-state index is 11.4. The zero-order chi connectivity index (χ0) is 10.7. The smallest absolute Gasteiger partial charge is 0.320 e. The minimum absolute atomic E-state index is 0.0180. The van der Waals surface area contributed by atoms with Crippen molar-refractivity contribution in [2.45, 2.75) is 26.3 Å². The van der Waals surface area contributed by atoms with E-state index in [1.54, 1.807) is 11.8 Å². The first-order valence-corrected chi connectivity index (χ1v) is 4.61. The number of hydrogen-bond donors (Lipinski definition) is 1. The number of rotatable bonds is 2. The van der Waals surface area contributed by atoms with Crippen LogP contribution in [-0.2, 0) is 4.79 Å². The number of nitrogens with zero attached hydrogens (tertiary/aromatic N) is 1. The Labute approximate surface area is 83.6 Å². The van der Waals surface area contributed by atoms with Gasteiger partial charge in [0.05, 0.1) is 5.92 Å². The van der Waals surface area contributed by atoms with Crippen molar-refractivity contribution in [3.05, 3.63) is 0 Å². The third kappa shape index (κ3) is 2.05. The van der Waals surface area contributed by atoms with E-state index >= 15 is 0 Å². The van der Waals surface area contributed by atoms with Crippen molar-refractivity contribution in [2.24, 2.45) is 5.92 Å². The summed E-state index contributed by atoms with van der Waals surface area (Å²) in [6, 6.07) is -0.355. The second-order valence-corrected chi connectivity index (χ2v) is 3.61. The maximum Gasteiger partial charge on any atom is 0.324 e. The highest BCUT2D eigenvalue weighted by Crippen LogP contribution is 2.12. The van der Waals surface area contributed by atoms with E-state index in [1.807, 2.05) is 6.92 Å². The summed E-state index contributed by atoms with van der Waals surface area (Å²) >= 11 is 0. The fraction of sp³-hybridized carbons (Fsp3) is 0.600. The van der Waals surface area contributed by atoms with Crippen molar-refractivity contribution >= 4 is 11.9 Å². The van der Waals surface area contributed by atoms with Gasteiger partial charge in [-0.25, -0.2) is 4.79 Å². The molecule has 2 atom stereocenters. The SMILES string of the molecule is C#CCC(C)N1CC(C)C(=O)NC1=O. The molecule has 0 bridgehead atoms. The number of carbonyl (C=O) groups is 2. The van der Waals surface area contributed by atoms with Crippen LogP contribution in [-0.4, -0.2) is 29.4 Å².